The Morgan fingerprint density at radius 3 is 2.78 bits per heavy atom. The van der Waals surface area contributed by atoms with Gasteiger partial charge in [0, 0.05) is 29.7 Å². The number of aromatic nitrogens is 1. The van der Waals surface area contributed by atoms with Crippen molar-refractivity contribution in [3.63, 3.8) is 0 Å². The number of rotatable bonds is 2. The van der Waals surface area contributed by atoms with Gasteiger partial charge in [-0.05, 0) is 44.3 Å². The maximum atomic E-state index is 13.6. The highest BCUT2D eigenvalue weighted by Gasteiger charge is 2.28. The lowest BCUT2D eigenvalue weighted by Crippen LogP contribution is -2.24. The van der Waals surface area contributed by atoms with Crippen molar-refractivity contribution in [3.05, 3.63) is 59.0 Å². The van der Waals surface area contributed by atoms with Gasteiger partial charge in [0.05, 0.1) is 15.4 Å². The second kappa shape index (κ2) is 6.51. The Bertz CT molecular complexity index is 1140. The van der Waals surface area contributed by atoms with E-state index in [1.165, 1.54) is 24.4 Å². The molecule has 0 aliphatic carbocycles. The van der Waals surface area contributed by atoms with E-state index >= 15 is 0 Å². The molecule has 1 unspecified atom stereocenters. The molecule has 8 heteroatoms. The minimum absolute atomic E-state index is 0.00331. The van der Waals surface area contributed by atoms with Gasteiger partial charge in [-0.3, -0.25) is 4.90 Å². The maximum absolute atomic E-state index is 13.6. The van der Waals surface area contributed by atoms with E-state index in [-0.39, 0.29) is 10.9 Å². The van der Waals surface area contributed by atoms with E-state index in [2.05, 4.69) is 4.90 Å². The van der Waals surface area contributed by atoms with E-state index in [0.717, 1.165) is 22.1 Å². The van der Waals surface area contributed by atoms with E-state index < -0.39 is 15.8 Å². The summed E-state index contributed by atoms with van der Waals surface area (Å²) in [6.45, 7) is 3.32. The first-order chi connectivity index (χ1) is 12.8. The van der Waals surface area contributed by atoms with Gasteiger partial charge in [-0.2, -0.15) is 0 Å². The summed E-state index contributed by atoms with van der Waals surface area (Å²) in [5.74, 6) is 0.0818. The van der Waals surface area contributed by atoms with E-state index in [4.69, 9.17) is 16.3 Å². The van der Waals surface area contributed by atoms with E-state index in [9.17, 15) is 12.8 Å². The van der Waals surface area contributed by atoms with Crippen LogP contribution in [0.3, 0.4) is 0 Å². The topological polar surface area (TPSA) is 51.5 Å². The van der Waals surface area contributed by atoms with E-state index in [1.807, 2.05) is 14.0 Å². The van der Waals surface area contributed by atoms with Crippen molar-refractivity contribution in [1.82, 2.24) is 8.87 Å². The number of hydrogen-bond acceptors (Lipinski definition) is 4. The van der Waals surface area contributed by atoms with Gasteiger partial charge in [0.15, 0.2) is 0 Å². The first kappa shape index (κ1) is 18.3. The average Bonchev–Trinajstić information content (AvgIpc) is 2.91. The highest BCUT2D eigenvalue weighted by Crippen LogP contribution is 2.41. The fourth-order valence-corrected chi connectivity index (χ4v) is 5.20. The van der Waals surface area contributed by atoms with Crippen molar-refractivity contribution >= 4 is 32.5 Å². The molecule has 0 N–H and O–H groups in total. The highest BCUT2D eigenvalue weighted by molar-refractivity contribution is 7.90. The van der Waals surface area contributed by atoms with Crippen LogP contribution in [0.4, 0.5) is 4.39 Å². The molecule has 1 aromatic heterocycles. The van der Waals surface area contributed by atoms with Crippen LogP contribution >= 0.6 is 11.6 Å². The summed E-state index contributed by atoms with van der Waals surface area (Å²) in [6.07, 6.45) is 1.37. The number of fused-ring (bicyclic) bond motifs is 3. The van der Waals surface area contributed by atoms with Crippen LogP contribution in [0.5, 0.6) is 5.75 Å². The van der Waals surface area contributed by atoms with Crippen molar-refractivity contribution in [1.29, 1.82) is 0 Å². The maximum Gasteiger partial charge on any atom is 0.268 e. The molecule has 1 atom stereocenters. The zero-order chi connectivity index (χ0) is 19.3. The van der Waals surface area contributed by atoms with Crippen molar-refractivity contribution in [3.8, 4) is 5.75 Å². The molecule has 27 heavy (non-hydrogen) atoms. The molecule has 0 bridgehead atoms. The van der Waals surface area contributed by atoms with Gasteiger partial charge < -0.3 is 4.74 Å². The Balaban J connectivity index is 1.99. The van der Waals surface area contributed by atoms with Crippen LogP contribution in [-0.2, 0) is 10.0 Å². The molecule has 2 aromatic carbocycles. The molecule has 0 saturated heterocycles. The van der Waals surface area contributed by atoms with Gasteiger partial charge in [0.2, 0.25) is 0 Å². The third-order valence-electron chi connectivity index (χ3n) is 5.02. The van der Waals surface area contributed by atoms with Crippen LogP contribution in [-0.4, -0.2) is 37.5 Å². The first-order valence-electron chi connectivity index (χ1n) is 8.48. The normalized spacial score (nSPS) is 18.1. The lowest BCUT2D eigenvalue weighted by atomic mass is 10.0. The number of likely N-dealkylation sites (N-methyl/N-ethyl adjacent to an activating group) is 1. The second-order valence-electron chi connectivity index (χ2n) is 6.61. The summed E-state index contributed by atoms with van der Waals surface area (Å²) in [6, 6.07) is 8.37. The van der Waals surface area contributed by atoms with Gasteiger partial charge in [-0.15, -0.1) is 0 Å². The van der Waals surface area contributed by atoms with Gasteiger partial charge >= 0.3 is 0 Å². The average molecular weight is 409 g/mol. The Morgan fingerprint density at radius 2 is 2.04 bits per heavy atom. The van der Waals surface area contributed by atoms with Gasteiger partial charge in [0.1, 0.15) is 18.2 Å². The SMILES string of the molecule is CC1c2c(ccc3c2c(Cl)cn3S(=O)(=O)c2cccc(F)c2)OCCN1C. The standard InChI is InChI=1S/C19H18ClFN2O3S/c1-12-18-17(26-9-8-22(12)2)7-6-16-19(18)15(20)11-23(16)27(24,25)14-5-3-4-13(21)10-14/h3-7,10-12H,8-9H2,1-2H3. The lowest BCUT2D eigenvalue weighted by molar-refractivity contribution is 0.229. The van der Waals surface area contributed by atoms with E-state index in [1.54, 1.807) is 12.1 Å². The van der Waals surface area contributed by atoms with Crippen LogP contribution in [0.25, 0.3) is 10.9 Å². The molecule has 1 aliphatic rings. The molecule has 0 amide bonds. The third-order valence-corrected chi connectivity index (χ3v) is 6.98. The molecule has 3 aromatic rings. The molecule has 0 saturated carbocycles. The summed E-state index contributed by atoms with van der Waals surface area (Å²) >= 11 is 6.47. The van der Waals surface area contributed by atoms with Crippen molar-refractivity contribution in [2.24, 2.45) is 0 Å². The predicted octanol–water partition coefficient (Wildman–Crippen LogP) is 4.06. The largest absolute Gasteiger partial charge is 0.492 e. The van der Waals surface area contributed by atoms with Gasteiger partial charge in [0.25, 0.3) is 10.0 Å². The zero-order valence-electron chi connectivity index (χ0n) is 14.8. The number of halogens is 2. The van der Waals surface area contributed by atoms with Crippen molar-refractivity contribution < 1.29 is 17.5 Å². The highest BCUT2D eigenvalue weighted by atomic mass is 35.5. The third kappa shape index (κ3) is 2.90. The number of ether oxygens (including phenoxy) is 1. The molecule has 1 aliphatic heterocycles. The fraction of sp³-hybridized carbons (Fsp3) is 0.263. The monoisotopic (exact) mass is 408 g/mol. The Kier molecular flexibility index (Phi) is 4.41. The molecule has 0 fully saturated rings. The number of hydrogen-bond donors (Lipinski definition) is 0. The summed E-state index contributed by atoms with van der Waals surface area (Å²) in [5.41, 5.74) is 1.29. The molecule has 0 radical (unpaired) electrons. The Hall–Kier alpha value is -2.09. The van der Waals surface area contributed by atoms with Crippen molar-refractivity contribution in [2.75, 3.05) is 20.2 Å². The lowest BCUT2D eigenvalue weighted by Gasteiger charge is -2.22. The molecular formula is C19H18ClFN2O3S. The van der Waals surface area contributed by atoms with Crippen molar-refractivity contribution in [2.45, 2.75) is 17.9 Å². The van der Waals surface area contributed by atoms with Crippen LogP contribution in [0.2, 0.25) is 5.02 Å². The van der Waals surface area contributed by atoms with Crippen LogP contribution in [0.1, 0.15) is 18.5 Å². The number of benzene rings is 2. The summed E-state index contributed by atoms with van der Waals surface area (Å²) < 4.78 is 46.7. The molecule has 4 rings (SSSR count). The molecule has 2 heterocycles. The first-order valence-corrected chi connectivity index (χ1v) is 10.3. The molecule has 142 valence electrons. The molecule has 0 spiro atoms. The summed E-state index contributed by atoms with van der Waals surface area (Å²) in [7, 11) is -2.01. The quantitative estimate of drug-likeness (QED) is 0.641. The zero-order valence-corrected chi connectivity index (χ0v) is 16.4. The van der Waals surface area contributed by atoms with Crippen LogP contribution < -0.4 is 4.74 Å². The minimum Gasteiger partial charge on any atom is -0.492 e. The number of nitrogens with zero attached hydrogens (tertiary/aromatic N) is 2. The Labute approximate surface area is 162 Å². The molecule has 5 nitrogen and oxygen atoms in total. The van der Waals surface area contributed by atoms with E-state index in [0.29, 0.717) is 28.3 Å². The molecular weight excluding hydrogens is 391 g/mol. The Morgan fingerprint density at radius 1 is 1.26 bits per heavy atom. The van der Waals surface area contributed by atoms with Gasteiger partial charge in [-0.1, -0.05) is 17.7 Å². The predicted molar refractivity (Wildman–Crippen MR) is 102 cm³/mol. The fourth-order valence-electron chi connectivity index (χ4n) is 3.45. The minimum atomic E-state index is -4.00. The summed E-state index contributed by atoms with van der Waals surface area (Å²) in [5, 5.41) is 0.947. The van der Waals surface area contributed by atoms with Gasteiger partial charge in [-0.25, -0.2) is 16.8 Å². The summed E-state index contributed by atoms with van der Waals surface area (Å²) in [4.78, 5) is 1.99. The smallest absolute Gasteiger partial charge is 0.268 e. The van der Waals surface area contributed by atoms with Crippen LogP contribution in [0.15, 0.2) is 47.5 Å². The second-order valence-corrected chi connectivity index (χ2v) is 8.83. The van der Waals surface area contributed by atoms with Crippen LogP contribution in [0, 0.1) is 5.82 Å².